The van der Waals surface area contributed by atoms with Crippen LogP contribution in [-0.4, -0.2) is 10.1 Å². The summed E-state index contributed by atoms with van der Waals surface area (Å²) in [6.07, 6.45) is 8.50. The first-order valence-corrected chi connectivity index (χ1v) is 5.94. The lowest BCUT2D eigenvalue weighted by atomic mass is 9.82. The summed E-state index contributed by atoms with van der Waals surface area (Å²) in [7, 11) is 0. The van der Waals surface area contributed by atoms with Crippen molar-refractivity contribution < 1.29 is 8.94 Å². The molecular weight excluding hydrogens is 218 g/mol. The predicted molar refractivity (Wildman–Crippen MR) is 61.0 cm³/mol. The minimum absolute atomic E-state index is 0.437. The largest absolute Gasteiger partial charge is 0.472 e. The van der Waals surface area contributed by atoms with Gasteiger partial charge in [-0.1, -0.05) is 24.4 Å². The molecule has 2 N–H and O–H groups in total. The fraction of sp³-hybridized carbons (Fsp3) is 0.500. The molecule has 0 aromatic carbocycles. The zero-order valence-electron chi connectivity index (χ0n) is 9.56. The van der Waals surface area contributed by atoms with E-state index >= 15 is 0 Å². The molecule has 0 atom stereocenters. The first-order chi connectivity index (χ1) is 8.28. The first-order valence-electron chi connectivity index (χ1n) is 5.94. The van der Waals surface area contributed by atoms with Crippen LogP contribution in [0.2, 0.25) is 0 Å². The number of rotatable bonds is 2. The van der Waals surface area contributed by atoms with Crippen molar-refractivity contribution in [1.82, 2.24) is 10.1 Å². The van der Waals surface area contributed by atoms with Crippen molar-refractivity contribution >= 4 is 0 Å². The van der Waals surface area contributed by atoms with E-state index in [1.54, 1.807) is 18.6 Å². The highest BCUT2D eigenvalue weighted by atomic mass is 16.5. The smallest absolute Gasteiger partial charge is 0.247 e. The summed E-state index contributed by atoms with van der Waals surface area (Å²) in [4.78, 5) is 4.39. The average molecular weight is 233 g/mol. The van der Waals surface area contributed by atoms with Gasteiger partial charge in [-0.15, -0.1) is 0 Å². The van der Waals surface area contributed by atoms with Gasteiger partial charge in [-0.2, -0.15) is 4.98 Å². The normalized spacial score (nSPS) is 19.4. The minimum Gasteiger partial charge on any atom is -0.472 e. The second kappa shape index (κ2) is 4.00. The molecule has 5 nitrogen and oxygen atoms in total. The average Bonchev–Trinajstić information content (AvgIpc) is 3.01. The molecule has 0 spiro atoms. The van der Waals surface area contributed by atoms with E-state index in [2.05, 4.69) is 10.1 Å². The van der Waals surface area contributed by atoms with Gasteiger partial charge in [0.05, 0.1) is 17.4 Å². The Bertz CT molecular complexity index is 484. The molecule has 5 heteroatoms. The molecule has 0 aliphatic heterocycles. The van der Waals surface area contributed by atoms with E-state index in [-0.39, 0.29) is 0 Å². The molecule has 17 heavy (non-hydrogen) atoms. The maximum atomic E-state index is 6.33. The van der Waals surface area contributed by atoms with E-state index in [0.29, 0.717) is 11.7 Å². The molecule has 0 amide bonds. The Morgan fingerprint density at radius 3 is 2.76 bits per heavy atom. The van der Waals surface area contributed by atoms with Crippen molar-refractivity contribution in [1.29, 1.82) is 0 Å². The van der Waals surface area contributed by atoms with Gasteiger partial charge in [0.15, 0.2) is 0 Å². The molecule has 90 valence electrons. The second-order valence-electron chi connectivity index (χ2n) is 4.65. The van der Waals surface area contributed by atoms with Gasteiger partial charge in [-0.25, -0.2) is 0 Å². The Hall–Kier alpha value is -1.62. The Morgan fingerprint density at radius 1 is 1.24 bits per heavy atom. The van der Waals surface area contributed by atoms with E-state index in [9.17, 15) is 0 Å². The van der Waals surface area contributed by atoms with E-state index in [1.165, 1.54) is 6.42 Å². The molecule has 0 bridgehead atoms. The van der Waals surface area contributed by atoms with Crippen molar-refractivity contribution in [3.8, 4) is 11.4 Å². The van der Waals surface area contributed by atoms with E-state index < -0.39 is 5.54 Å². The zero-order valence-corrected chi connectivity index (χ0v) is 9.56. The molecule has 0 unspecified atom stereocenters. The van der Waals surface area contributed by atoms with Gasteiger partial charge >= 0.3 is 0 Å². The topological polar surface area (TPSA) is 78.1 Å². The summed E-state index contributed by atoms with van der Waals surface area (Å²) in [6.45, 7) is 0. The third kappa shape index (κ3) is 1.86. The van der Waals surface area contributed by atoms with Gasteiger partial charge in [0.2, 0.25) is 11.7 Å². The van der Waals surface area contributed by atoms with Gasteiger partial charge in [-0.05, 0) is 18.9 Å². The highest BCUT2D eigenvalue weighted by molar-refractivity contribution is 5.51. The number of nitrogens with two attached hydrogens (primary N) is 1. The van der Waals surface area contributed by atoms with Crippen LogP contribution in [-0.2, 0) is 5.54 Å². The van der Waals surface area contributed by atoms with Crippen molar-refractivity contribution in [3.05, 3.63) is 24.5 Å². The van der Waals surface area contributed by atoms with Crippen molar-refractivity contribution in [2.75, 3.05) is 0 Å². The third-order valence-electron chi connectivity index (χ3n) is 3.38. The fourth-order valence-corrected chi connectivity index (χ4v) is 2.33. The van der Waals surface area contributed by atoms with Crippen LogP contribution in [0.5, 0.6) is 0 Å². The Labute approximate surface area is 99.0 Å². The molecule has 2 heterocycles. The summed E-state index contributed by atoms with van der Waals surface area (Å²) in [6, 6.07) is 1.80. The van der Waals surface area contributed by atoms with Crippen LogP contribution in [0.25, 0.3) is 11.4 Å². The fourth-order valence-electron chi connectivity index (χ4n) is 2.33. The molecule has 1 aliphatic carbocycles. The van der Waals surface area contributed by atoms with E-state index in [4.69, 9.17) is 14.7 Å². The van der Waals surface area contributed by atoms with Crippen LogP contribution in [0.15, 0.2) is 27.5 Å². The Morgan fingerprint density at radius 2 is 2.06 bits per heavy atom. The molecule has 1 saturated carbocycles. The summed E-state index contributed by atoms with van der Waals surface area (Å²) >= 11 is 0. The summed E-state index contributed by atoms with van der Waals surface area (Å²) in [5.74, 6) is 1.09. The van der Waals surface area contributed by atoms with Crippen molar-refractivity contribution in [2.24, 2.45) is 5.73 Å². The lowest BCUT2D eigenvalue weighted by Gasteiger charge is -2.29. The van der Waals surface area contributed by atoms with E-state index in [0.717, 1.165) is 31.2 Å². The van der Waals surface area contributed by atoms with Gasteiger partial charge in [0.25, 0.3) is 0 Å². The quantitative estimate of drug-likeness (QED) is 0.861. The number of hydrogen-bond donors (Lipinski definition) is 1. The lowest BCUT2D eigenvalue weighted by molar-refractivity contribution is 0.220. The van der Waals surface area contributed by atoms with Crippen LogP contribution in [0.3, 0.4) is 0 Å². The monoisotopic (exact) mass is 233 g/mol. The van der Waals surface area contributed by atoms with Crippen LogP contribution >= 0.6 is 0 Å². The highest BCUT2D eigenvalue weighted by Crippen LogP contribution is 2.34. The minimum atomic E-state index is -0.437. The molecule has 1 fully saturated rings. The number of furan rings is 1. The summed E-state index contributed by atoms with van der Waals surface area (Å²) < 4.78 is 10.3. The van der Waals surface area contributed by atoms with Gasteiger partial charge in [0, 0.05) is 0 Å². The van der Waals surface area contributed by atoms with Crippen molar-refractivity contribution in [3.63, 3.8) is 0 Å². The second-order valence-corrected chi connectivity index (χ2v) is 4.65. The summed E-state index contributed by atoms with van der Waals surface area (Å²) in [5, 5.41) is 3.95. The van der Waals surface area contributed by atoms with E-state index in [1.807, 2.05) is 0 Å². The van der Waals surface area contributed by atoms with Gasteiger partial charge in [-0.3, -0.25) is 0 Å². The molecule has 3 rings (SSSR count). The van der Waals surface area contributed by atoms with Gasteiger partial charge in [0.1, 0.15) is 6.26 Å². The number of aromatic nitrogens is 2. The molecule has 0 saturated heterocycles. The van der Waals surface area contributed by atoms with Crippen LogP contribution in [0, 0.1) is 0 Å². The molecule has 0 radical (unpaired) electrons. The molecule has 1 aliphatic rings. The van der Waals surface area contributed by atoms with Crippen molar-refractivity contribution in [2.45, 2.75) is 37.6 Å². The molecular formula is C12H15N3O2. The third-order valence-corrected chi connectivity index (χ3v) is 3.38. The number of hydrogen-bond acceptors (Lipinski definition) is 5. The Kier molecular flexibility index (Phi) is 2.48. The summed E-state index contributed by atoms with van der Waals surface area (Å²) in [5.41, 5.74) is 6.71. The maximum absolute atomic E-state index is 6.33. The first kappa shape index (κ1) is 10.5. The molecule has 2 aromatic heterocycles. The standard InChI is InChI=1S/C12H15N3O2/c13-12(5-2-1-3-6-12)11-14-10(15-17-11)9-4-7-16-8-9/h4,7-8H,1-3,5-6,13H2. The lowest BCUT2D eigenvalue weighted by Crippen LogP contribution is -2.38. The number of nitrogens with zero attached hydrogens (tertiary/aromatic N) is 2. The molecule has 2 aromatic rings. The van der Waals surface area contributed by atoms with Gasteiger partial charge < -0.3 is 14.7 Å². The zero-order chi connectivity index (χ0) is 11.7. The highest BCUT2D eigenvalue weighted by Gasteiger charge is 2.35. The Balaban J connectivity index is 1.89. The predicted octanol–water partition coefficient (Wildman–Crippen LogP) is 2.45. The van der Waals surface area contributed by atoms with Crippen LogP contribution in [0.1, 0.15) is 38.0 Å². The maximum Gasteiger partial charge on any atom is 0.247 e. The SMILES string of the molecule is NC1(c2nc(-c3ccoc3)no2)CCCCC1. The van der Waals surface area contributed by atoms with Crippen LogP contribution < -0.4 is 5.73 Å². The van der Waals surface area contributed by atoms with Crippen LogP contribution in [0.4, 0.5) is 0 Å².